The Morgan fingerprint density at radius 2 is 1.93 bits per heavy atom. The van der Waals surface area contributed by atoms with Crippen molar-refractivity contribution in [2.75, 3.05) is 20.8 Å². The van der Waals surface area contributed by atoms with E-state index >= 15 is 0 Å². The first-order valence-electron chi connectivity index (χ1n) is 11.4. The zero-order valence-electron chi connectivity index (χ0n) is 18.2. The highest BCUT2D eigenvalue weighted by molar-refractivity contribution is 6.08. The van der Waals surface area contributed by atoms with Crippen LogP contribution in [0.4, 0.5) is 0 Å². The van der Waals surface area contributed by atoms with Gasteiger partial charge in [-0.05, 0) is 74.1 Å². The van der Waals surface area contributed by atoms with E-state index in [9.17, 15) is 4.79 Å². The van der Waals surface area contributed by atoms with E-state index in [1.165, 1.54) is 36.1 Å². The fourth-order valence-corrected chi connectivity index (χ4v) is 6.39. The summed E-state index contributed by atoms with van der Waals surface area (Å²) in [7, 11) is 3.52. The number of benzene rings is 1. The first kappa shape index (κ1) is 19.9. The van der Waals surface area contributed by atoms with Crippen molar-refractivity contribution in [1.29, 1.82) is 0 Å². The Bertz CT molecular complexity index is 868. The van der Waals surface area contributed by atoms with Gasteiger partial charge in [0, 0.05) is 19.6 Å². The molecule has 1 aromatic carbocycles. The Balaban J connectivity index is 1.51. The Morgan fingerprint density at radius 1 is 1.20 bits per heavy atom. The lowest BCUT2D eigenvalue weighted by atomic mass is 9.61. The Labute approximate surface area is 178 Å². The third-order valence-corrected chi connectivity index (χ3v) is 8.19. The van der Waals surface area contributed by atoms with Crippen LogP contribution in [0.15, 0.2) is 23.2 Å². The lowest BCUT2D eigenvalue weighted by molar-refractivity contribution is -0.137. The predicted molar refractivity (Wildman–Crippen MR) is 115 cm³/mol. The number of aliphatic imine (C=N–C) groups is 1. The first-order chi connectivity index (χ1) is 14.5. The topological polar surface area (TPSA) is 77.2 Å². The summed E-state index contributed by atoms with van der Waals surface area (Å²) in [5.74, 6) is 1.82. The van der Waals surface area contributed by atoms with Crippen molar-refractivity contribution in [3.63, 3.8) is 0 Å². The molecule has 6 heteroatoms. The minimum atomic E-state index is -0.924. The normalized spacial score (nSPS) is 33.5. The van der Waals surface area contributed by atoms with Crippen LogP contribution in [0.1, 0.15) is 62.5 Å². The number of amides is 1. The molecule has 1 atom stereocenters. The molecule has 1 aromatic rings. The molecule has 0 saturated heterocycles. The van der Waals surface area contributed by atoms with Crippen molar-refractivity contribution in [1.82, 2.24) is 4.90 Å². The maximum Gasteiger partial charge on any atom is 0.262 e. The third kappa shape index (κ3) is 2.79. The van der Waals surface area contributed by atoms with Crippen molar-refractivity contribution in [3.05, 3.63) is 29.3 Å². The van der Waals surface area contributed by atoms with Crippen LogP contribution in [0.2, 0.25) is 0 Å². The number of likely N-dealkylation sites (N-methyl/N-ethyl adjacent to an activating group) is 1. The molecule has 2 saturated carbocycles. The molecule has 2 fully saturated rings. The molecule has 1 aliphatic heterocycles. The Hall–Kier alpha value is -2.08. The summed E-state index contributed by atoms with van der Waals surface area (Å²) >= 11 is 0. The number of methoxy groups -OCH3 is 1. The van der Waals surface area contributed by atoms with Crippen LogP contribution in [0, 0.1) is 11.3 Å². The van der Waals surface area contributed by atoms with E-state index in [-0.39, 0.29) is 17.4 Å². The zero-order valence-corrected chi connectivity index (χ0v) is 18.2. The molecule has 1 unspecified atom stereocenters. The average Bonchev–Trinajstić information content (AvgIpc) is 3.43. The molecule has 2 N–H and O–H groups in total. The predicted octanol–water partition coefficient (Wildman–Crippen LogP) is 3.37. The van der Waals surface area contributed by atoms with Crippen molar-refractivity contribution < 1.29 is 14.3 Å². The molecule has 162 valence electrons. The van der Waals surface area contributed by atoms with E-state index < -0.39 is 5.54 Å². The maximum atomic E-state index is 13.7. The number of hydrogen-bond donors (Lipinski definition) is 1. The van der Waals surface area contributed by atoms with Crippen molar-refractivity contribution in [2.45, 2.75) is 69.4 Å². The second-order valence-electron chi connectivity index (χ2n) is 9.72. The van der Waals surface area contributed by atoms with Crippen molar-refractivity contribution in [3.8, 4) is 5.75 Å². The summed E-state index contributed by atoms with van der Waals surface area (Å²) in [6.07, 6.45) is 9.96. The summed E-state index contributed by atoms with van der Waals surface area (Å²) in [6, 6.07) is 6.29. The quantitative estimate of drug-likeness (QED) is 0.824. The lowest BCUT2D eigenvalue weighted by Crippen LogP contribution is -2.51. The highest BCUT2D eigenvalue weighted by atomic mass is 16.5. The van der Waals surface area contributed by atoms with Crippen LogP contribution < -0.4 is 10.5 Å². The highest BCUT2D eigenvalue weighted by Crippen LogP contribution is 2.62. The molecule has 4 aliphatic rings. The van der Waals surface area contributed by atoms with Gasteiger partial charge in [-0.25, -0.2) is 4.99 Å². The van der Waals surface area contributed by atoms with Crippen LogP contribution in [-0.2, 0) is 21.5 Å². The molecule has 0 radical (unpaired) electrons. The zero-order chi connectivity index (χ0) is 20.9. The van der Waals surface area contributed by atoms with E-state index in [0.717, 1.165) is 50.0 Å². The van der Waals surface area contributed by atoms with Gasteiger partial charge in [0.2, 0.25) is 0 Å². The number of nitrogens with zero attached hydrogens (tertiary/aromatic N) is 2. The number of guanidine groups is 1. The molecule has 0 aromatic heterocycles. The van der Waals surface area contributed by atoms with Gasteiger partial charge < -0.3 is 15.2 Å². The molecule has 0 bridgehead atoms. The highest BCUT2D eigenvalue weighted by Gasteiger charge is 2.66. The van der Waals surface area contributed by atoms with E-state index in [1.54, 1.807) is 14.2 Å². The molecular formula is C24H33N3O3. The summed E-state index contributed by atoms with van der Waals surface area (Å²) in [6.45, 7) is 0.756. The van der Waals surface area contributed by atoms with E-state index in [0.29, 0.717) is 11.9 Å². The molecule has 1 heterocycles. The van der Waals surface area contributed by atoms with Crippen LogP contribution in [-0.4, -0.2) is 43.6 Å². The standard InChI is InChI=1S/C24H33N3O3/c1-27-21(28)24(26-22(27)25)20-13-19(30-15-16-5-3-4-6-16)8-7-17(20)14-23(24)11-9-18(29-2)10-12-23/h7-8,13,16,18H,3-6,9-12,14-15H2,1-2H3,(H2,25,26). The number of ether oxygens (including phenoxy) is 2. The van der Waals surface area contributed by atoms with Crippen LogP contribution in [0.5, 0.6) is 5.75 Å². The maximum absolute atomic E-state index is 13.7. The SMILES string of the molecule is COC1CCC2(CC1)Cc1ccc(OCC3CCCC3)cc1C21N=C(N)N(C)C1=O. The summed E-state index contributed by atoms with van der Waals surface area (Å²) in [5.41, 5.74) is 7.25. The molecule has 3 aliphatic carbocycles. The molecular weight excluding hydrogens is 378 g/mol. The largest absolute Gasteiger partial charge is 0.493 e. The van der Waals surface area contributed by atoms with Gasteiger partial charge in [-0.1, -0.05) is 18.9 Å². The van der Waals surface area contributed by atoms with Gasteiger partial charge in [-0.3, -0.25) is 9.69 Å². The molecule has 2 spiro atoms. The lowest BCUT2D eigenvalue weighted by Gasteiger charge is -2.45. The van der Waals surface area contributed by atoms with Gasteiger partial charge in [0.05, 0.1) is 12.7 Å². The van der Waals surface area contributed by atoms with Crippen LogP contribution in [0.25, 0.3) is 0 Å². The fraction of sp³-hybridized carbons (Fsp3) is 0.667. The molecule has 5 rings (SSSR count). The van der Waals surface area contributed by atoms with Gasteiger partial charge >= 0.3 is 0 Å². The van der Waals surface area contributed by atoms with Gasteiger partial charge in [0.25, 0.3) is 5.91 Å². The number of hydrogen-bond acceptors (Lipinski definition) is 5. The van der Waals surface area contributed by atoms with E-state index in [4.69, 9.17) is 20.2 Å². The van der Waals surface area contributed by atoms with Crippen molar-refractivity contribution in [2.24, 2.45) is 22.1 Å². The minimum absolute atomic E-state index is 0.00237. The number of carbonyl (C=O) groups excluding carboxylic acids is 1. The molecule has 1 amide bonds. The average molecular weight is 412 g/mol. The number of fused-ring (bicyclic) bond motifs is 3. The Morgan fingerprint density at radius 3 is 2.57 bits per heavy atom. The van der Waals surface area contributed by atoms with Gasteiger partial charge in [0.1, 0.15) is 5.75 Å². The second kappa shape index (κ2) is 7.26. The second-order valence-corrected chi connectivity index (χ2v) is 9.72. The van der Waals surface area contributed by atoms with E-state index in [1.807, 2.05) is 0 Å². The first-order valence-corrected chi connectivity index (χ1v) is 11.4. The smallest absolute Gasteiger partial charge is 0.262 e. The number of carbonyl (C=O) groups is 1. The van der Waals surface area contributed by atoms with Crippen LogP contribution in [0.3, 0.4) is 0 Å². The van der Waals surface area contributed by atoms with Gasteiger partial charge in [-0.2, -0.15) is 0 Å². The molecule has 30 heavy (non-hydrogen) atoms. The fourth-order valence-electron chi connectivity index (χ4n) is 6.39. The number of rotatable bonds is 4. The summed E-state index contributed by atoms with van der Waals surface area (Å²) in [4.78, 5) is 20.1. The summed E-state index contributed by atoms with van der Waals surface area (Å²) < 4.78 is 11.8. The van der Waals surface area contributed by atoms with Gasteiger partial charge in [-0.15, -0.1) is 0 Å². The van der Waals surface area contributed by atoms with Crippen LogP contribution >= 0.6 is 0 Å². The minimum Gasteiger partial charge on any atom is -0.493 e. The van der Waals surface area contributed by atoms with Gasteiger partial charge in [0.15, 0.2) is 11.5 Å². The van der Waals surface area contributed by atoms with E-state index in [2.05, 4.69) is 18.2 Å². The molecule has 6 nitrogen and oxygen atoms in total. The number of nitrogens with two attached hydrogens (primary N) is 1. The Kier molecular flexibility index (Phi) is 4.80. The summed E-state index contributed by atoms with van der Waals surface area (Å²) in [5, 5.41) is 0. The third-order valence-electron chi connectivity index (χ3n) is 8.19. The monoisotopic (exact) mass is 411 g/mol. The van der Waals surface area contributed by atoms with Crippen molar-refractivity contribution >= 4 is 11.9 Å².